The highest BCUT2D eigenvalue weighted by atomic mass is 32.2. The Morgan fingerprint density at radius 2 is 2.31 bits per heavy atom. The predicted octanol–water partition coefficient (Wildman–Crippen LogP) is 0.370. The third kappa shape index (κ3) is 3.16. The first-order chi connectivity index (χ1) is 7.75. The Morgan fingerprint density at radius 3 is 2.94 bits per heavy atom. The van der Waals surface area contributed by atoms with Gasteiger partial charge in [0, 0.05) is 26.2 Å². The molecule has 1 N–H and O–H groups in total. The summed E-state index contributed by atoms with van der Waals surface area (Å²) in [4.78, 5) is 17.9. The number of nitrogens with one attached hydrogen (secondary N) is 1. The quantitative estimate of drug-likeness (QED) is 0.794. The number of carbonyl (C=O) groups excluding carboxylic acids is 1. The van der Waals surface area contributed by atoms with E-state index in [1.807, 2.05) is 11.8 Å². The monoisotopic (exact) mass is 258 g/mol. The van der Waals surface area contributed by atoms with Crippen molar-refractivity contribution in [1.29, 1.82) is 0 Å². The normalized spacial score (nSPS) is 16.4. The lowest BCUT2D eigenvalue weighted by Crippen LogP contribution is -2.47. The second kappa shape index (κ2) is 5.60. The first-order valence-corrected chi connectivity index (χ1v) is 6.93. The molecule has 0 bridgehead atoms. The van der Waals surface area contributed by atoms with Gasteiger partial charge in [-0.1, -0.05) is 11.8 Å². The number of carbonyl (C=O) groups is 1. The minimum Gasteiger partial charge on any atom is -0.339 e. The van der Waals surface area contributed by atoms with E-state index >= 15 is 0 Å². The Labute approximate surface area is 103 Å². The standard InChI is InChI=1S/C9H14N4OS2/c1-7-11-9(16-12-7)15-6-8(14)13-4-2-10-3-5-13/h10H,2-6H2,1H3. The van der Waals surface area contributed by atoms with Crippen molar-refractivity contribution in [3.63, 3.8) is 0 Å². The summed E-state index contributed by atoms with van der Waals surface area (Å²) in [5.41, 5.74) is 0. The molecule has 0 unspecified atom stereocenters. The average molecular weight is 258 g/mol. The summed E-state index contributed by atoms with van der Waals surface area (Å²) in [6, 6.07) is 0. The molecule has 2 heterocycles. The summed E-state index contributed by atoms with van der Waals surface area (Å²) in [5.74, 6) is 1.44. The molecule has 1 aliphatic rings. The van der Waals surface area contributed by atoms with Crippen molar-refractivity contribution < 1.29 is 4.79 Å². The number of hydrogen-bond donors (Lipinski definition) is 1. The molecule has 88 valence electrons. The number of amides is 1. The number of thioether (sulfide) groups is 1. The highest BCUT2D eigenvalue weighted by Gasteiger charge is 2.16. The summed E-state index contributed by atoms with van der Waals surface area (Å²) in [6.45, 7) is 5.28. The molecule has 0 saturated carbocycles. The fraction of sp³-hybridized carbons (Fsp3) is 0.667. The van der Waals surface area contributed by atoms with Crippen molar-refractivity contribution in [3.05, 3.63) is 5.82 Å². The van der Waals surface area contributed by atoms with Crippen LogP contribution >= 0.6 is 23.3 Å². The number of aromatic nitrogens is 2. The number of piperazine rings is 1. The van der Waals surface area contributed by atoms with Gasteiger partial charge in [-0.2, -0.15) is 4.37 Å². The zero-order valence-electron chi connectivity index (χ0n) is 9.10. The van der Waals surface area contributed by atoms with E-state index in [9.17, 15) is 4.79 Å². The van der Waals surface area contributed by atoms with E-state index in [4.69, 9.17) is 0 Å². The van der Waals surface area contributed by atoms with Gasteiger partial charge in [0.25, 0.3) is 0 Å². The van der Waals surface area contributed by atoms with Gasteiger partial charge < -0.3 is 10.2 Å². The topological polar surface area (TPSA) is 58.1 Å². The van der Waals surface area contributed by atoms with E-state index < -0.39 is 0 Å². The number of hydrogen-bond acceptors (Lipinski definition) is 6. The Hall–Kier alpha value is -0.660. The molecule has 5 nitrogen and oxygen atoms in total. The summed E-state index contributed by atoms with van der Waals surface area (Å²) in [5, 5.41) is 3.23. The molecule has 0 aliphatic carbocycles. The van der Waals surface area contributed by atoms with Gasteiger partial charge in [0.15, 0.2) is 4.34 Å². The third-order valence-electron chi connectivity index (χ3n) is 2.30. The van der Waals surface area contributed by atoms with Gasteiger partial charge in [0.2, 0.25) is 5.91 Å². The second-order valence-corrected chi connectivity index (χ2v) is 5.50. The summed E-state index contributed by atoms with van der Waals surface area (Å²) in [6.07, 6.45) is 0. The molecule has 0 atom stereocenters. The van der Waals surface area contributed by atoms with Crippen LogP contribution in [-0.4, -0.2) is 52.1 Å². The molecule has 1 saturated heterocycles. The van der Waals surface area contributed by atoms with E-state index in [1.54, 1.807) is 0 Å². The van der Waals surface area contributed by atoms with Crippen molar-refractivity contribution in [3.8, 4) is 0 Å². The zero-order valence-corrected chi connectivity index (χ0v) is 10.7. The van der Waals surface area contributed by atoms with Crippen molar-refractivity contribution in [2.75, 3.05) is 31.9 Å². The molecule has 1 fully saturated rings. The minimum atomic E-state index is 0.194. The van der Waals surface area contributed by atoms with Gasteiger partial charge in [-0.25, -0.2) is 4.98 Å². The van der Waals surface area contributed by atoms with E-state index in [0.29, 0.717) is 5.75 Å². The van der Waals surface area contributed by atoms with Crippen LogP contribution in [0, 0.1) is 6.92 Å². The first-order valence-electron chi connectivity index (χ1n) is 5.17. The van der Waals surface area contributed by atoms with E-state index in [-0.39, 0.29) is 5.91 Å². The predicted molar refractivity (Wildman–Crippen MR) is 64.8 cm³/mol. The highest BCUT2D eigenvalue weighted by molar-refractivity contribution is 8.01. The molecule has 0 radical (unpaired) electrons. The Balaban J connectivity index is 1.78. The maximum Gasteiger partial charge on any atom is 0.233 e. The summed E-state index contributed by atoms with van der Waals surface area (Å²) >= 11 is 2.83. The van der Waals surface area contributed by atoms with Crippen LogP contribution in [0.15, 0.2) is 4.34 Å². The van der Waals surface area contributed by atoms with Crippen LogP contribution in [0.2, 0.25) is 0 Å². The van der Waals surface area contributed by atoms with Crippen molar-refractivity contribution in [1.82, 2.24) is 19.6 Å². The second-order valence-electron chi connectivity index (χ2n) is 3.53. The maximum absolute atomic E-state index is 11.8. The minimum absolute atomic E-state index is 0.194. The largest absolute Gasteiger partial charge is 0.339 e. The van der Waals surface area contributed by atoms with E-state index in [1.165, 1.54) is 23.3 Å². The summed E-state index contributed by atoms with van der Waals surface area (Å²) < 4.78 is 4.96. The van der Waals surface area contributed by atoms with E-state index in [0.717, 1.165) is 36.3 Å². The fourth-order valence-electron chi connectivity index (χ4n) is 1.47. The lowest BCUT2D eigenvalue weighted by molar-refractivity contribution is -0.128. The molecule has 0 spiro atoms. The molecule has 1 aliphatic heterocycles. The van der Waals surface area contributed by atoms with Gasteiger partial charge in [-0.3, -0.25) is 4.79 Å². The number of aryl methyl sites for hydroxylation is 1. The average Bonchev–Trinajstić information content (AvgIpc) is 2.73. The Bertz CT molecular complexity index is 362. The number of rotatable bonds is 3. The smallest absolute Gasteiger partial charge is 0.233 e. The van der Waals surface area contributed by atoms with Crippen molar-refractivity contribution >= 4 is 29.2 Å². The molecule has 16 heavy (non-hydrogen) atoms. The fourth-order valence-corrected chi connectivity index (χ4v) is 3.02. The Kier molecular flexibility index (Phi) is 4.14. The third-order valence-corrected chi connectivity index (χ3v) is 4.21. The van der Waals surface area contributed by atoms with Gasteiger partial charge in [-0.05, 0) is 18.5 Å². The first kappa shape index (κ1) is 11.8. The highest BCUT2D eigenvalue weighted by Crippen LogP contribution is 2.20. The van der Waals surface area contributed by atoms with Crippen LogP contribution in [0.5, 0.6) is 0 Å². The van der Waals surface area contributed by atoms with Crippen molar-refractivity contribution in [2.45, 2.75) is 11.3 Å². The van der Waals surface area contributed by atoms with E-state index in [2.05, 4.69) is 14.7 Å². The van der Waals surface area contributed by atoms with Crippen molar-refractivity contribution in [2.24, 2.45) is 0 Å². The molecular weight excluding hydrogens is 244 g/mol. The molecular formula is C9H14N4OS2. The number of nitrogens with zero attached hydrogens (tertiary/aromatic N) is 3. The maximum atomic E-state index is 11.8. The molecule has 1 aromatic heterocycles. The molecule has 1 aromatic rings. The lowest BCUT2D eigenvalue weighted by Gasteiger charge is -2.27. The molecule has 0 aromatic carbocycles. The van der Waals surface area contributed by atoms with Crippen LogP contribution in [-0.2, 0) is 4.79 Å². The SMILES string of the molecule is Cc1nsc(SCC(=O)N2CCNCC2)n1. The summed E-state index contributed by atoms with van der Waals surface area (Å²) in [7, 11) is 0. The van der Waals surface area contributed by atoms with Crippen LogP contribution in [0.1, 0.15) is 5.82 Å². The van der Waals surface area contributed by atoms with Gasteiger partial charge in [0.05, 0.1) is 5.75 Å². The van der Waals surface area contributed by atoms with Gasteiger partial charge >= 0.3 is 0 Å². The van der Waals surface area contributed by atoms with Crippen LogP contribution in [0.25, 0.3) is 0 Å². The Morgan fingerprint density at radius 1 is 1.56 bits per heavy atom. The van der Waals surface area contributed by atoms with Gasteiger partial charge in [-0.15, -0.1) is 0 Å². The van der Waals surface area contributed by atoms with Crippen LogP contribution < -0.4 is 5.32 Å². The van der Waals surface area contributed by atoms with Gasteiger partial charge in [0.1, 0.15) is 5.82 Å². The molecule has 1 amide bonds. The molecule has 2 rings (SSSR count). The lowest BCUT2D eigenvalue weighted by atomic mass is 10.3. The molecule has 7 heteroatoms. The van der Waals surface area contributed by atoms with Crippen LogP contribution in [0.3, 0.4) is 0 Å². The zero-order chi connectivity index (χ0) is 11.4. The van der Waals surface area contributed by atoms with Crippen LogP contribution in [0.4, 0.5) is 0 Å².